The molecule has 9 heteroatoms. The summed E-state index contributed by atoms with van der Waals surface area (Å²) in [7, 11) is 1.50. The number of ether oxygens (including phenoxy) is 2. The van der Waals surface area contributed by atoms with E-state index >= 15 is 0 Å². The first-order valence-corrected chi connectivity index (χ1v) is 14.6. The summed E-state index contributed by atoms with van der Waals surface area (Å²) in [6.07, 6.45) is 5.78. The van der Waals surface area contributed by atoms with Crippen LogP contribution in [0.25, 0.3) is 0 Å². The molecular weight excluding hydrogens is 524 g/mol. The van der Waals surface area contributed by atoms with Gasteiger partial charge < -0.3 is 35.0 Å². The van der Waals surface area contributed by atoms with Crippen molar-refractivity contribution in [3.05, 3.63) is 70.8 Å². The number of rotatable bonds is 9. The van der Waals surface area contributed by atoms with Gasteiger partial charge in [0.1, 0.15) is 12.2 Å². The number of fused-ring (bicyclic) bond motifs is 3. The van der Waals surface area contributed by atoms with Crippen LogP contribution >= 0.6 is 0 Å². The molecule has 4 N–H and O–H groups in total. The molecule has 0 radical (unpaired) electrons. The summed E-state index contributed by atoms with van der Waals surface area (Å²) < 4.78 is 11.9. The van der Waals surface area contributed by atoms with Gasteiger partial charge in [-0.2, -0.15) is 0 Å². The summed E-state index contributed by atoms with van der Waals surface area (Å²) in [5.74, 6) is -0.326. The molecule has 1 fully saturated rings. The van der Waals surface area contributed by atoms with Crippen LogP contribution in [0.3, 0.4) is 0 Å². The molecule has 1 aliphatic heterocycles. The fraction of sp³-hybridized carbons (Fsp3) is 0.500. The predicted molar refractivity (Wildman–Crippen MR) is 153 cm³/mol. The summed E-state index contributed by atoms with van der Waals surface area (Å²) >= 11 is 0. The van der Waals surface area contributed by atoms with Crippen LogP contribution in [-0.4, -0.2) is 76.6 Å². The van der Waals surface area contributed by atoms with E-state index in [0.29, 0.717) is 28.2 Å². The maximum absolute atomic E-state index is 14.1. The van der Waals surface area contributed by atoms with Crippen molar-refractivity contribution in [2.24, 2.45) is 0 Å². The van der Waals surface area contributed by atoms with Crippen LogP contribution < -0.4 is 14.8 Å². The largest absolute Gasteiger partial charge is 0.493 e. The molecular formula is C32H40N2O7. The van der Waals surface area contributed by atoms with E-state index in [-0.39, 0.29) is 38.1 Å². The van der Waals surface area contributed by atoms with Crippen molar-refractivity contribution in [3.8, 4) is 11.5 Å². The van der Waals surface area contributed by atoms with Crippen molar-refractivity contribution in [1.29, 1.82) is 0 Å². The molecule has 5 rings (SSSR count). The molecule has 0 spiro atoms. The highest BCUT2D eigenvalue weighted by molar-refractivity contribution is 5.96. The lowest BCUT2D eigenvalue weighted by molar-refractivity contribution is -0.140. The Balaban J connectivity index is 1.59. The molecule has 2 aliphatic carbocycles. The van der Waals surface area contributed by atoms with E-state index in [1.54, 1.807) is 23.1 Å². The van der Waals surface area contributed by atoms with Gasteiger partial charge in [-0.25, -0.2) is 0 Å². The highest BCUT2D eigenvalue weighted by atomic mass is 16.5. The minimum atomic E-state index is -1.12. The first kappa shape index (κ1) is 29.1. The molecule has 0 bridgehead atoms. The highest BCUT2D eigenvalue weighted by Gasteiger charge is 2.52. The first-order valence-electron chi connectivity index (χ1n) is 14.6. The molecule has 1 heterocycles. The molecule has 2 aromatic rings. The number of aliphatic hydroxyl groups excluding tert-OH is 3. The monoisotopic (exact) mass is 564 g/mol. The van der Waals surface area contributed by atoms with Crippen LogP contribution in [-0.2, 0) is 22.6 Å². The topological polar surface area (TPSA) is 129 Å². The first-order chi connectivity index (χ1) is 20.0. The number of carbonyl (C=O) groups is 2. The van der Waals surface area contributed by atoms with Gasteiger partial charge in [-0.15, -0.1) is 0 Å². The number of hydrogen-bond acceptors (Lipinski definition) is 7. The number of amides is 2. The van der Waals surface area contributed by atoms with Gasteiger partial charge in [0.2, 0.25) is 11.8 Å². The SMILES string of the molecule is COc1cc(CO)cc2c1O[C@@H]1[C@@H](O)[C@H](N(C(=O)Cc3ccccc3)C3CCCCCC3)C=C(C(=O)NCCO)[C@H]21. The van der Waals surface area contributed by atoms with E-state index in [9.17, 15) is 24.9 Å². The Morgan fingerprint density at radius 2 is 1.78 bits per heavy atom. The Labute approximate surface area is 240 Å². The number of carbonyl (C=O) groups excluding carboxylic acids is 2. The third kappa shape index (κ3) is 5.98. The van der Waals surface area contributed by atoms with Crippen molar-refractivity contribution in [2.45, 2.75) is 81.8 Å². The fourth-order valence-electron chi connectivity index (χ4n) is 6.60. The molecule has 1 saturated carbocycles. The van der Waals surface area contributed by atoms with Gasteiger partial charge in [-0.3, -0.25) is 9.59 Å². The number of benzene rings is 2. The quantitative estimate of drug-likeness (QED) is 0.345. The Morgan fingerprint density at radius 3 is 2.44 bits per heavy atom. The Morgan fingerprint density at radius 1 is 1.05 bits per heavy atom. The summed E-state index contributed by atoms with van der Waals surface area (Å²) in [4.78, 5) is 29.5. The second kappa shape index (κ2) is 13.1. The average molecular weight is 565 g/mol. The van der Waals surface area contributed by atoms with Crippen LogP contribution in [0.2, 0.25) is 0 Å². The van der Waals surface area contributed by atoms with Gasteiger partial charge in [0.05, 0.1) is 38.7 Å². The molecule has 2 amide bonds. The molecule has 0 saturated heterocycles. The average Bonchev–Trinajstić information content (AvgIpc) is 3.17. The number of hydrogen-bond donors (Lipinski definition) is 4. The Hall–Kier alpha value is -3.40. The molecule has 2 aromatic carbocycles. The Kier molecular flexibility index (Phi) is 9.27. The minimum absolute atomic E-state index is 0.0633. The van der Waals surface area contributed by atoms with Crippen LogP contribution in [0, 0.1) is 0 Å². The van der Waals surface area contributed by atoms with Crippen molar-refractivity contribution >= 4 is 11.8 Å². The van der Waals surface area contributed by atoms with Crippen molar-refractivity contribution in [2.75, 3.05) is 20.3 Å². The zero-order chi connectivity index (χ0) is 28.9. The third-order valence-corrected chi connectivity index (χ3v) is 8.52. The molecule has 4 atom stereocenters. The second-order valence-electron chi connectivity index (χ2n) is 11.1. The predicted octanol–water partition coefficient (Wildman–Crippen LogP) is 2.60. The molecule has 0 aromatic heterocycles. The summed E-state index contributed by atoms with van der Waals surface area (Å²) in [5.41, 5.74) is 2.48. The van der Waals surface area contributed by atoms with Crippen LogP contribution in [0.15, 0.2) is 54.1 Å². The van der Waals surface area contributed by atoms with E-state index in [0.717, 1.165) is 44.1 Å². The van der Waals surface area contributed by atoms with Gasteiger partial charge in [0.25, 0.3) is 0 Å². The van der Waals surface area contributed by atoms with Gasteiger partial charge in [0, 0.05) is 23.7 Å². The highest BCUT2D eigenvalue weighted by Crippen LogP contribution is 2.51. The lowest BCUT2D eigenvalue weighted by Crippen LogP contribution is -2.58. The van der Waals surface area contributed by atoms with Gasteiger partial charge in [-0.05, 0) is 42.2 Å². The molecule has 220 valence electrons. The smallest absolute Gasteiger partial charge is 0.247 e. The maximum atomic E-state index is 14.1. The van der Waals surface area contributed by atoms with E-state index in [1.165, 1.54) is 7.11 Å². The van der Waals surface area contributed by atoms with Gasteiger partial charge in [0.15, 0.2) is 11.5 Å². The lowest BCUT2D eigenvalue weighted by atomic mass is 9.76. The standard InChI is InChI=1S/C32H40N2O7/c1-40-26-16-21(19-36)15-23-28-24(32(39)33-13-14-35)18-25(29(38)31(28)41-30(23)26)34(22-11-7-2-3-8-12-22)27(37)17-20-9-5-4-6-10-20/h4-6,9-10,15-16,18,22,25,28-29,31,35-36,38H,2-3,7-8,11-14,17,19H2,1H3,(H,33,39)/t25-,28+,29+,31+/m1/s1. The van der Waals surface area contributed by atoms with E-state index < -0.39 is 30.1 Å². The number of methoxy groups -OCH3 is 1. The van der Waals surface area contributed by atoms with Crippen LogP contribution in [0.4, 0.5) is 0 Å². The zero-order valence-electron chi connectivity index (χ0n) is 23.5. The maximum Gasteiger partial charge on any atom is 0.247 e. The number of nitrogens with zero attached hydrogens (tertiary/aromatic N) is 1. The van der Waals surface area contributed by atoms with Crippen LogP contribution in [0.5, 0.6) is 11.5 Å². The summed E-state index contributed by atoms with van der Waals surface area (Å²) in [6.45, 7) is -0.391. The fourth-order valence-corrected chi connectivity index (χ4v) is 6.60. The van der Waals surface area contributed by atoms with Crippen molar-refractivity contribution < 1.29 is 34.4 Å². The summed E-state index contributed by atoms with van der Waals surface area (Å²) in [5, 5.41) is 34.0. The van der Waals surface area contributed by atoms with Crippen LogP contribution in [0.1, 0.15) is 61.1 Å². The lowest BCUT2D eigenvalue weighted by Gasteiger charge is -2.44. The van der Waals surface area contributed by atoms with E-state index in [2.05, 4.69) is 5.32 Å². The Bertz CT molecular complexity index is 1260. The van der Waals surface area contributed by atoms with E-state index in [4.69, 9.17) is 9.47 Å². The summed E-state index contributed by atoms with van der Waals surface area (Å²) in [6, 6.07) is 12.1. The molecule has 9 nitrogen and oxygen atoms in total. The third-order valence-electron chi connectivity index (χ3n) is 8.52. The second-order valence-corrected chi connectivity index (χ2v) is 11.1. The molecule has 0 unspecified atom stereocenters. The zero-order valence-corrected chi connectivity index (χ0v) is 23.5. The number of nitrogens with one attached hydrogen (secondary N) is 1. The normalized spacial score (nSPS) is 23.9. The molecule has 3 aliphatic rings. The van der Waals surface area contributed by atoms with E-state index in [1.807, 2.05) is 30.3 Å². The van der Waals surface area contributed by atoms with Gasteiger partial charge >= 0.3 is 0 Å². The van der Waals surface area contributed by atoms with Gasteiger partial charge in [-0.1, -0.05) is 56.0 Å². The van der Waals surface area contributed by atoms with Crippen molar-refractivity contribution in [1.82, 2.24) is 10.2 Å². The number of aliphatic hydroxyl groups is 3. The minimum Gasteiger partial charge on any atom is -0.493 e. The van der Waals surface area contributed by atoms with Crippen molar-refractivity contribution in [3.63, 3.8) is 0 Å². The molecule has 41 heavy (non-hydrogen) atoms.